The summed E-state index contributed by atoms with van der Waals surface area (Å²) in [6, 6.07) is 4.06. The average Bonchev–Trinajstić information content (AvgIpc) is 2.99. The summed E-state index contributed by atoms with van der Waals surface area (Å²) in [4.78, 5) is 14.1. The molecule has 0 unspecified atom stereocenters. The van der Waals surface area contributed by atoms with E-state index in [0.29, 0.717) is 33.8 Å². The normalized spacial score (nSPS) is 17.1. The Bertz CT molecular complexity index is 979. The summed E-state index contributed by atoms with van der Waals surface area (Å²) in [5.74, 6) is 3.18. The van der Waals surface area contributed by atoms with Crippen LogP contribution in [0.5, 0.6) is 11.5 Å². The molecule has 1 atom stereocenters. The van der Waals surface area contributed by atoms with Crippen LogP contribution in [0.1, 0.15) is 18.5 Å². The van der Waals surface area contributed by atoms with Gasteiger partial charge in [0.15, 0.2) is 11.5 Å². The van der Waals surface area contributed by atoms with Crippen molar-refractivity contribution < 1.29 is 22.7 Å². The number of hydrogen-bond donors (Lipinski definition) is 1. The van der Waals surface area contributed by atoms with Crippen molar-refractivity contribution in [1.29, 1.82) is 0 Å². The molecular formula is C20H23BrN2O5S. The van der Waals surface area contributed by atoms with E-state index in [-0.39, 0.29) is 18.3 Å². The minimum Gasteiger partial charge on any atom is -0.493 e. The van der Waals surface area contributed by atoms with Gasteiger partial charge in [-0.05, 0) is 30.7 Å². The van der Waals surface area contributed by atoms with E-state index >= 15 is 0 Å². The Balaban J connectivity index is 2.44. The van der Waals surface area contributed by atoms with Gasteiger partial charge in [0, 0.05) is 22.5 Å². The molecule has 156 valence electrons. The van der Waals surface area contributed by atoms with Gasteiger partial charge >= 0.3 is 6.03 Å². The van der Waals surface area contributed by atoms with Gasteiger partial charge in [0.25, 0.3) is 0 Å². The minimum atomic E-state index is -3.38. The van der Waals surface area contributed by atoms with Crippen LogP contribution < -0.4 is 14.8 Å². The van der Waals surface area contributed by atoms with Gasteiger partial charge < -0.3 is 19.7 Å². The highest BCUT2D eigenvalue weighted by molar-refractivity contribution is 9.11. The SMILES string of the molecule is C#C/C=C(Br)\C=C1/CN([C@H](CS(C)(=O)=O)c2ccc(OC)c(OCC)c2)C(=O)N1. The number of hydrogen-bond acceptors (Lipinski definition) is 5. The molecule has 0 aromatic heterocycles. The molecular weight excluding hydrogens is 460 g/mol. The number of rotatable bonds is 8. The summed E-state index contributed by atoms with van der Waals surface area (Å²) in [7, 11) is -1.86. The van der Waals surface area contributed by atoms with Crippen LogP contribution in [-0.2, 0) is 9.84 Å². The van der Waals surface area contributed by atoms with Crippen molar-refractivity contribution in [3.05, 3.63) is 46.1 Å². The standard InChI is InChI=1S/C20H23BrN2O5S/c1-5-7-15(21)11-16-12-23(20(24)22-16)17(13-29(4,25)26)14-8-9-18(27-3)19(10-14)28-6-2/h1,7-11,17H,6,12-13H2,2-4H3,(H,22,24)/b15-7+,16-11+/t17-/m1/s1. The highest BCUT2D eigenvalue weighted by Gasteiger charge is 2.34. The minimum absolute atomic E-state index is 0.211. The van der Waals surface area contributed by atoms with E-state index in [1.165, 1.54) is 18.1 Å². The Kier molecular flexibility index (Phi) is 7.76. The molecule has 1 saturated heterocycles. The van der Waals surface area contributed by atoms with Crippen molar-refractivity contribution in [3.8, 4) is 23.8 Å². The topological polar surface area (TPSA) is 84.9 Å². The highest BCUT2D eigenvalue weighted by atomic mass is 79.9. The van der Waals surface area contributed by atoms with Crippen LogP contribution in [0.25, 0.3) is 0 Å². The lowest BCUT2D eigenvalue weighted by Crippen LogP contribution is -2.36. The van der Waals surface area contributed by atoms with Crippen LogP contribution in [0.2, 0.25) is 0 Å². The van der Waals surface area contributed by atoms with Gasteiger partial charge in [-0.25, -0.2) is 13.2 Å². The third kappa shape index (κ3) is 6.27. The second kappa shape index (κ2) is 9.85. The van der Waals surface area contributed by atoms with Crippen LogP contribution in [0.3, 0.4) is 0 Å². The molecule has 0 spiro atoms. The Morgan fingerprint density at radius 1 is 1.45 bits per heavy atom. The number of allylic oxidation sites excluding steroid dienone is 3. The van der Waals surface area contributed by atoms with Crippen LogP contribution in [0, 0.1) is 12.3 Å². The molecule has 2 amide bonds. The Morgan fingerprint density at radius 3 is 2.76 bits per heavy atom. The molecule has 1 N–H and O–H groups in total. The first-order chi connectivity index (χ1) is 13.7. The summed E-state index contributed by atoms with van der Waals surface area (Å²) >= 11 is 3.31. The second-order valence-corrected chi connectivity index (χ2v) is 9.48. The molecule has 1 aliphatic rings. The van der Waals surface area contributed by atoms with Crippen molar-refractivity contribution in [2.75, 3.05) is 32.3 Å². The van der Waals surface area contributed by atoms with Gasteiger partial charge in [-0.2, -0.15) is 0 Å². The number of ether oxygens (including phenoxy) is 2. The number of methoxy groups -OCH3 is 1. The van der Waals surface area contributed by atoms with E-state index in [1.54, 1.807) is 24.3 Å². The zero-order valence-electron chi connectivity index (χ0n) is 16.4. The summed E-state index contributed by atoms with van der Waals surface area (Å²) in [6.45, 7) is 2.47. The third-order valence-corrected chi connectivity index (χ3v) is 5.49. The number of benzene rings is 1. The van der Waals surface area contributed by atoms with Crippen LogP contribution in [0.15, 0.2) is 40.5 Å². The smallest absolute Gasteiger partial charge is 0.322 e. The fraction of sp³-hybridized carbons (Fsp3) is 0.350. The zero-order valence-corrected chi connectivity index (χ0v) is 18.8. The van der Waals surface area contributed by atoms with Gasteiger partial charge in [0.05, 0.1) is 32.1 Å². The van der Waals surface area contributed by atoms with Crippen molar-refractivity contribution in [2.24, 2.45) is 0 Å². The number of urea groups is 1. The average molecular weight is 483 g/mol. The molecule has 29 heavy (non-hydrogen) atoms. The highest BCUT2D eigenvalue weighted by Crippen LogP contribution is 2.34. The maximum absolute atomic E-state index is 12.6. The van der Waals surface area contributed by atoms with E-state index < -0.39 is 15.9 Å². The largest absolute Gasteiger partial charge is 0.493 e. The number of sulfone groups is 1. The molecule has 7 nitrogen and oxygen atoms in total. The number of amides is 2. The van der Waals surface area contributed by atoms with Crippen molar-refractivity contribution in [1.82, 2.24) is 10.2 Å². The van der Waals surface area contributed by atoms with E-state index in [0.717, 1.165) is 6.26 Å². The zero-order chi connectivity index (χ0) is 21.6. The summed E-state index contributed by atoms with van der Waals surface area (Å²) < 4.78 is 35.7. The van der Waals surface area contributed by atoms with Crippen molar-refractivity contribution in [3.63, 3.8) is 0 Å². The van der Waals surface area contributed by atoms with E-state index in [1.807, 2.05) is 6.92 Å². The monoisotopic (exact) mass is 482 g/mol. The molecule has 1 fully saturated rings. The number of nitrogens with one attached hydrogen (secondary N) is 1. The van der Waals surface area contributed by atoms with E-state index in [9.17, 15) is 13.2 Å². The number of carbonyl (C=O) groups is 1. The van der Waals surface area contributed by atoms with Gasteiger partial charge in [0.2, 0.25) is 0 Å². The molecule has 1 aliphatic heterocycles. The molecule has 0 saturated carbocycles. The lowest BCUT2D eigenvalue weighted by atomic mass is 10.1. The summed E-state index contributed by atoms with van der Waals surface area (Å²) in [5, 5.41) is 2.75. The molecule has 2 rings (SSSR count). The molecule has 0 bridgehead atoms. The Hall–Kier alpha value is -2.44. The maximum Gasteiger partial charge on any atom is 0.322 e. The Labute approximate surface area is 179 Å². The molecule has 1 aromatic carbocycles. The maximum atomic E-state index is 12.6. The van der Waals surface area contributed by atoms with Crippen LogP contribution >= 0.6 is 15.9 Å². The second-order valence-electron chi connectivity index (χ2n) is 6.38. The number of terminal acetylenes is 1. The lowest BCUT2D eigenvalue weighted by Gasteiger charge is -2.27. The predicted molar refractivity (Wildman–Crippen MR) is 116 cm³/mol. The molecule has 0 radical (unpaired) electrons. The number of nitrogens with zero attached hydrogens (tertiary/aromatic N) is 1. The van der Waals surface area contributed by atoms with Gasteiger partial charge in [-0.1, -0.05) is 27.9 Å². The third-order valence-electron chi connectivity index (χ3n) is 4.11. The van der Waals surface area contributed by atoms with Gasteiger partial charge in [0.1, 0.15) is 9.84 Å². The molecule has 1 heterocycles. The van der Waals surface area contributed by atoms with Gasteiger partial charge in [-0.3, -0.25) is 0 Å². The Morgan fingerprint density at radius 2 is 2.17 bits per heavy atom. The summed E-state index contributed by atoms with van der Waals surface area (Å²) in [5.41, 5.74) is 1.24. The lowest BCUT2D eigenvalue weighted by molar-refractivity contribution is 0.203. The van der Waals surface area contributed by atoms with Crippen molar-refractivity contribution >= 4 is 31.8 Å². The van der Waals surface area contributed by atoms with Crippen molar-refractivity contribution in [2.45, 2.75) is 13.0 Å². The first kappa shape index (κ1) is 22.8. The van der Waals surface area contributed by atoms with Crippen LogP contribution in [0.4, 0.5) is 4.79 Å². The predicted octanol–water partition coefficient (Wildman–Crippen LogP) is 3.00. The molecule has 1 aromatic rings. The summed E-state index contributed by atoms with van der Waals surface area (Å²) in [6.07, 6.45) is 9.58. The first-order valence-corrected chi connectivity index (χ1v) is 11.6. The molecule has 0 aliphatic carbocycles. The fourth-order valence-electron chi connectivity index (χ4n) is 2.95. The fourth-order valence-corrected chi connectivity index (χ4v) is 4.30. The first-order valence-electron chi connectivity index (χ1n) is 8.77. The van der Waals surface area contributed by atoms with Crippen LogP contribution in [-0.4, -0.2) is 51.6 Å². The molecule has 9 heteroatoms. The number of carbonyl (C=O) groups excluding carboxylic acids is 1. The quantitative estimate of drug-likeness (QED) is 0.575. The van der Waals surface area contributed by atoms with E-state index in [2.05, 4.69) is 27.2 Å². The van der Waals surface area contributed by atoms with Gasteiger partial charge in [-0.15, -0.1) is 6.42 Å². The number of halogens is 1. The van der Waals surface area contributed by atoms with E-state index in [4.69, 9.17) is 15.9 Å².